The lowest BCUT2D eigenvalue weighted by molar-refractivity contribution is -0.864. The van der Waals surface area contributed by atoms with E-state index in [1.807, 2.05) is 0 Å². The van der Waals surface area contributed by atoms with Crippen LogP contribution in [0.15, 0.2) is 0 Å². The second kappa shape index (κ2) is 8.17. The number of aliphatic carboxylic acids is 4. The number of rotatable bonds is 7. The molecule has 0 aromatic heterocycles. The number of carboxylic acid groups (broad SMARTS) is 4. The van der Waals surface area contributed by atoms with Crippen molar-refractivity contribution in [1.29, 1.82) is 0 Å². The van der Waals surface area contributed by atoms with E-state index in [0.717, 1.165) is 0 Å². The summed E-state index contributed by atoms with van der Waals surface area (Å²) in [6.07, 6.45) is -2.41. The maximum atomic E-state index is 10.2. The molecule has 0 atom stereocenters. The van der Waals surface area contributed by atoms with E-state index in [0.29, 0.717) is 4.48 Å². The van der Waals surface area contributed by atoms with Gasteiger partial charge in [0.05, 0.1) is 45.9 Å². The Balaban J connectivity index is 0. The van der Waals surface area contributed by atoms with Crippen LogP contribution in [0.2, 0.25) is 0 Å². The van der Waals surface area contributed by atoms with Crippen molar-refractivity contribution in [2.45, 2.75) is 18.4 Å². The molecule has 0 aliphatic carbocycles. The molecule has 0 aliphatic heterocycles. The first-order valence-corrected chi connectivity index (χ1v) is 5.57. The third kappa shape index (κ3) is 12.6. The molecule has 0 amide bonds. The molecule has 0 radical (unpaired) electrons. The molecule has 0 bridgehead atoms. The van der Waals surface area contributed by atoms with Gasteiger partial charge in [0.25, 0.3) is 0 Å². The Kier molecular flexibility index (Phi) is 8.21. The Bertz CT molecular complexity index is 394. The molecule has 0 saturated carbocycles. The summed E-state index contributed by atoms with van der Waals surface area (Å²) >= 11 is 0. The van der Waals surface area contributed by atoms with Crippen LogP contribution < -0.4 is 10.2 Å². The minimum absolute atomic E-state index is 0.0694. The lowest BCUT2D eigenvalue weighted by atomic mass is 9.96. The van der Waals surface area contributed by atoms with Gasteiger partial charge in [-0.3, -0.25) is 9.59 Å². The van der Waals surface area contributed by atoms with E-state index in [4.69, 9.17) is 15.3 Å². The van der Waals surface area contributed by atoms with Crippen LogP contribution in [0.3, 0.4) is 0 Å². The van der Waals surface area contributed by atoms with Crippen LogP contribution in [-0.2, 0) is 19.2 Å². The Morgan fingerprint density at radius 2 is 1.29 bits per heavy atom. The molecule has 21 heavy (non-hydrogen) atoms. The number of carboxylic acids is 4. The molecule has 10 heteroatoms. The fourth-order valence-corrected chi connectivity index (χ4v) is 1.09. The monoisotopic (exact) mass is 308 g/mol. The van der Waals surface area contributed by atoms with Crippen molar-refractivity contribution in [3.8, 4) is 0 Å². The first kappa shape index (κ1) is 21.1. The SMILES string of the molecule is C[N+](C)(C)CC(=O)[O-].O=C(O)CC(O)(CC(=O)O)C(=O)[O-]. The van der Waals surface area contributed by atoms with Crippen molar-refractivity contribution in [2.75, 3.05) is 27.7 Å². The normalized spacial score (nSPS) is 11.0. The molecule has 0 unspecified atom stereocenters. The van der Waals surface area contributed by atoms with Gasteiger partial charge in [-0.15, -0.1) is 0 Å². The number of carbonyl (C=O) groups excluding carboxylic acids is 2. The van der Waals surface area contributed by atoms with Crippen molar-refractivity contribution in [3.63, 3.8) is 0 Å². The first-order valence-electron chi connectivity index (χ1n) is 5.57. The van der Waals surface area contributed by atoms with E-state index in [2.05, 4.69) is 0 Å². The smallest absolute Gasteiger partial charge is 0.306 e. The Labute approximate surface area is 120 Å². The lowest BCUT2D eigenvalue weighted by Gasteiger charge is -2.25. The summed E-state index contributed by atoms with van der Waals surface area (Å²) in [6.45, 7) is 0.0694. The average molecular weight is 308 g/mol. The van der Waals surface area contributed by atoms with Gasteiger partial charge in [-0.2, -0.15) is 0 Å². The summed E-state index contributed by atoms with van der Waals surface area (Å²) in [4.78, 5) is 40.2. The highest BCUT2D eigenvalue weighted by atomic mass is 16.4. The van der Waals surface area contributed by atoms with Gasteiger partial charge in [0.15, 0.2) is 0 Å². The van der Waals surface area contributed by atoms with E-state index in [-0.39, 0.29) is 6.54 Å². The van der Waals surface area contributed by atoms with E-state index >= 15 is 0 Å². The molecule has 0 saturated heterocycles. The zero-order valence-corrected chi connectivity index (χ0v) is 11.9. The number of carbonyl (C=O) groups is 4. The summed E-state index contributed by atoms with van der Waals surface area (Å²) in [7, 11) is 5.40. The molecule has 0 spiro atoms. The maximum absolute atomic E-state index is 10.2. The van der Waals surface area contributed by atoms with Gasteiger partial charge in [-0.1, -0.05) is 0 Å². The van der Waals surface area contributed by atoms with Crippen molar-refractivity contribution in [1.82, 2.24) is 0 Å². The molecule has 0 aromatic carbocycles. The third-order valence-corrected chi connectivity index (χ3v) is 1.87. The van der Waals surface area contributed by atoms with Crippen molar-refractivity contribution < 1.29 is 49.2 Å². The summed E-state index contributed by atoms with van der Waals surface area (Å²) in [5.74, 6) is -6.35. The first-order chi connectivity index (χ1) is 9.19. The van der Waals surface area contributed by atoms with Crippen LogP contribution in [-0.4, -0.2) is 77.0 Å². The second-order valence-corrected chi connectivity index (χ2v) is 5.28. The van der Waals surface area contributed by atoms with Gasteiger partial charge < -0.3 is 39.6 Å². The van der Waals surface area contributed by atoms with Gasteiger partial charge in [0.1, 0.15) is 12.1 Å². The number of hydrogen-bond acceptors (Lipinski definition) is 7. The van der Waals surface area contributed by atoms with Crippen LogP contribution >= 0.6 is 0 Å². The number of aliphatic hydroxyl groups is 1. The summed E-state index contributed by atoms with van der Waals surface area (Å²) < 4.78 is 0.419. The highest BCUT2D eigenvalue weighted by Gasteiger charge is 2.34. The fourth-order valence-electron chi connectivity index (χ4n) is 1.09. The summed E-state index contributed by atoms with van der Waals surface area (Å²) in [5.41, 5.74) is -2.85. The molecule has 0 fully saturated rings. The van der Waals surface area contributed by atoms with E-state index in [1.54, 1.807) is 21.1 Å². The fraction of sp³-hybridized carbons (Fsp3) is 0.636. The van der Waals surface area contributed by atoms with Crippen molar-refractivity contribution in [2.24, 2.45) is 0 Å². The Morgan fingerprint density at radius 1 is 0.952 bits per heavy atom. The Morgan fingerprint density at radius 3 is 1.38 bits per heavy atom. The summed E-state index contributed by atoms with van der Waals surface area (Å²) in [6, 6.07) is 0. The van der Waals surface area contributed by atoms with Crippen molar-refractivity contribution in [3.05, 3.63) is 0 Å². The highest BCUT2D eigenvalue weighted by molar-refractivity contribution is 5.86. The van der Waals surface area contributed by atoms with Crippen LogP contribution in [0.25, 0.3) is 0 Å². The van der Waals surface area contributed by atoms with E-state index in [1.165, 1.54) is 0 Å². The molecular weight excluding hydrogens is 290 g/mol. The third-order valence-electron chi connectivity index (χ3n) is 1.87. The number of likely N-dealkylation sites (N-methyl/N-ethyl adjacent to an activating group) is 1. The van der Waals surface area contributed by atoms with E-state index in [9.17, 15) is 29.4 Å². The molecule has 3 N–H and O–H groups in total. The van der Waals surface area contributed by atoms with Crippen molar-refractivity contribution >= 4 is 23.9 Å². The zero-order valence-electron chi connectivity index (χ0n) is 11.9. The molecular formula is C11H18NO9-. The van der Waals surface area contributed by atoms with Crippen LogP contribution in [0.1, 0.15) is 12.8 Å². The largest absolute Gasteiger partial charge is 0.547 e. The molecule has 0 aliphatic rings. The van der Waals surface area contributed by atoms with Crippen LogP contribution in [0, 0.1) is 0 Å². The van der Waals surface area contributed by atoms with Gasteiger partial charge in [-0.25, -0.2) is 0 Å². The quantitative estimate of drug-likeness (QED) is 0.394. The molecule has 0 rings (SSSR count). The molecule has 10 nitrogen and oxygen atoms in total. The van der Waals surface area contributed by atoms with Gasteiger partial charge >= 0.3 is 11.9 Å². The topological polar surface area (TPSA) is 175 Å². The van der Waals surface area contributed by atoms with Gasteiger partial charge in [0.2, 0.25) is 0 Å². The maximum Gasteiger partial charge on any atom is 0.306 e. The zero-order chi connectivity index (χ0) is 17.4. The standard InChI is InChI=1S/C6H8O7.C5H11NO2/c7-3(8)1-6(13,5(11)12)2-4(9)10;1-6(2,3)4-5(7)8/h13H,1-2H2,(H,7,8)(H,9,10)(H,11,12);4H2,1-3H3/p-1. The lowest BCUT2D eigenvalue weighted by Crippen LogP contribution is -2.51. The second-order valence-electron chi connectivity index (χ2n) is 5.28. The minimum Gasteiger partial charge on any atom is -0.547 e. The number of nitrogens with zero attached hydrogens (tertiary/aromatic N) is 1. The van der Waals surface area contributed by atoms with E-state index < -0.39 is 42.3 Å². The van der Waals surface area contributed by atoms with Gasteiger partial charge in [0, 0.05) is 0 Å². The Hall–Kier alpha value is -2.20. The van der Waals surface area contributed by atoms with Crippen LogP contribution in [0.4, 0.5) is 0 Å². The average Bonchev–Trinajstić information content (AvgIpc) is 2.10. The minimum atomic E-state index is -2.85. The molecule has 122 valence electrons. The predicted octanol–water partition coefficient (Wildman–Crippen LogP) is -4.14. The molecule has 0 aromatic rings. The summed E-state index contributed by atoms with van der Waals surface area (Å²) in [5, 5.41) is 45.4. The number of hydrogen-bond donors (Lipinski definition) is 3. The highest BCUT2D eigenvalue weighted by Crippen LogP contribution is 2.14. The predicted molar refractivity (Wildman–Crippen MR) is 62.4 cm³/mol. The molecule has 0 heterocycles. The number of quaternary nitrogens is 1. The van der Waals surface area contributed by atoms with Crippen LogP contribution in [0.5, 0.6) is 0 Å². The van der Waals surface area contributed by atoms with Gasteiger partial charge in [-0.05, 0) is 0 Å².